The fraction of sp³-hybridized carbons (Fsp3) is 1.00. The maximum atomic E-state index is 10.2. The topological polar surface area (TPSA) is 20.2 Å². The van der Waals surface area contributed by atoms with Crippen molar-refractivity contribution in [2.75, 3.05) is 0 Å². The zero-order valence-electron chi connectivity index (χ0n) is 10.5. The Labute approximate surface area is 89.9 Å². The first-order valence-corrected chi connectivity index (χ1v) is 6.34. The molecule has 0 saturated heterocycles. The molecule has 1 N–H and O–H groups in total. The van der Waals surface area contributed by atoms with E-state index in [-0.39, 0.29) is 11.5 Å². The standard InChI is InChI=1S/C13H28O/c1-5-9-12(14)13(8-4,10-6-2)11-7-3/h12,14H,5-11H2,1-4H3. The lowest BCUT2D eigenvalue weighted by atomic mass is 9.71. The smallest absolute Gasteiger partial charge is 0.0596 e. The predicted octanol–water partition coefficient (Wildman–Crippen LogP) is 4.14. The molecular weight excluding hydrogens is 172 g/mol. The van der Waals surface area contributed by atoms with Crippen LogP contribution in [0.1, 0.15) is 72.6 Å². The van der Waals surface area contributed by atoms with E-state index in [0.29, 0.717) is 0 Å². The van der Waals surface area contributed by atoms with E-state index < -0.39 is 0 Å². The summed E-state index contributed by atoms with van der Waals surface area (Å²) < 4.78 is 0. The van der Waals surface area contributed by atoms with E-state index in [1.807, 2.05) is 0 Å². The third kappa shape index (κ3) is 3.61. The van der Waals surface area contributed by atoms with Crippen LogP contribution in [-0.2, 0) is 0 Å². The van der Waals surface area contributed by atoms with Crippen LogP contribution in [0.3, 0.4) is 0 Å². The van der Waals surface area contributed by atoms with Gasteiger partial charge in [-0.15, -0.1) is 0 Å². The zero-order valence-corrected chi connectivity index (χ0v) is 10.5. The van der Waals surface area contributed by atoms with Gasteiger partial charge in [0, 0.05) is 0 Å². The van der Waals surface area contributed by atoms with Crippen LogP contribution in [0.15, 0.2) is 0 Å². The molecule has 0 aliphatic rings. The minimum absolute atomic E-state index is 0.0857. The molecule has 0 saturated carbocycles. The largest absolute Gasteiger partial charge is 0.393 e. The summed E-state index contributed by atoms with van der Waals surface area (Å²) in [6.07, 6.45) is 7.83. The normalized spacial score (nSPS) is 14.4. The Morgan fingerprint density at radius 3 is 1.71 bits per heavy atom. The molecule has 0 fully saturated rings. The van der Waals surface area contributed by atoms with E-state index in [1.165, 1.54) is 25.7 Å². The van der Waals surface area contributed by atoms with E-state index >= 15 is 0 Å². The van der Waals surface area contributed by atoms with E-state index in [1.54, 1.807) is 0 Å². The average Bonchev–Trinajstić information content (AvgIpc) is 2.17. The number of aliphatic hydroxyl groups is 1. The molecule has 14 heavy (non-hydrogen) atoms. The lowest BCUT2D eigenvalue weighted by Gasteiger charge is -2.37. The third-order valence-electron chi connectivity index (χ3n) is 3.47. The van der Waals surface area contributed by atoms with Gasteiger partial charge >= 0.3 is 0 Å². The average molecular weight is 200 g/mol. The molecule has 0 aromatic carbocycles. The van der Waals surface area contributed by atoms with Crippen molar-refractivity contribution in [3.8, 4) is 0 Å². The van der Waals surface area contributed by atoms with E-state index in [2.05, 4.69) is 27.7 Å². The van der Waals surface area contributed by atoms with Gasteiger partial charge in [-0.25, -0.2) is 0 Å². The van der Waals surface area contributed by atoms with Crippen LogP contribution in [0.2, 0.25) is 0 Å². The van der Waals surface area contributed by atoms with Gasteiger partial charge in [0.25, 0.3) is 0 Å². The Balaban J connectivity index is 4.45. The first kappa shape index (κ1) is 14.0. The zero-order chi connectivity index (χ0) is 11.0. The second-order valence-corrected chi connectivity index (χ2v) is 4.52. The minimum atomic E-state index is -0.0857. The number of hydrogen-bond donors (Lipinski definition) is 1. The van der Waals surface area contributed by atoms with Crippen molar-refractivity contribution in [1.82, 2.24) is 0 Å². The van der Waals surface area contributed by atoms with E-state index in [0.717, 1.165) is 19.3 Å². The number of rotatable bonds is 8. The molecule has 0 aliphatic heterocycles. The van der Waals surface area contributed by atoms with Crippen molar-refractivity contribution in [2.24, 2.45) is 5.41 Å². The summed E-state index contributed by atoms with van der Waals surface area (Å²) in [6.45, 7) is 8.82. The molecule has 0 spiro atoms. The number of aliphatic hydroxyl groups excluding tert-OH is 1. The van der Waals surface area contributed by atoms with Crippen LogP contribution in [0.25, 0.3) is 0 Å². The summed E-state index contributed by atoms with van der Waals surface area (Å²) in [7, 11) is 0. The van der Waals surface area contributed by atoms with Gasteiger partial charge < -0.3 is 5.11 Å². The van der Waals surface area contributed by atoms with E-state index in [9.17, 15) is 5.11 Å². The Bertz CT molecular complexity index is 125. The lowest BCUT2D eigenvalue weighted by molar-refractivity contribution is -0.000116. The van der Waals surface area contributed by atoms with Gasteiger partial charge in [-0.1, -0.05) is 47.0 Å². The Morgan fingerprint density at radius 2 is 1.43 bits per heavy atom. The molecule has 0 aliphatic carbocycles. The van der Waals surface area contributed by atoms with Gasteiger partial charge in [-0.2, -0.15) is 0 Å². The molecule has 1 atom stereocenters. The summed E-state index contributed by atoms with van der Waals surface area (Å²) in [5.74, 6) is 0. The maximum absolute atomic E-state index is 10.2. The van der Waals surface area contributed by atoms with Crippen LogP contribution < -0.4 is 0 Å². The van der Waals surface area contributed by atoms with Gasteiger partial charge in [0.15, 0.2) is 0 Å². The Kier molecular flexibility index (Phi) is 7.26. The summed E-state index contributed by atoms with van der Waals surface area (Å²) in [6, 6.07) is 0. The summed E-state index contributed by atoms with van der Waals surface area (Å²) >= 11 is 0. The second-order valence-electron chi connectivity index (χ2n) is 4.52. The molecule has 0 heterocycles. The molecule has 0 bridgehead atoms. The fourth-order valence-corrected chi connectivity index (χ4v) is 2.62. The molecule has 0 radical (unpaired) electrons. The van der Waals surface area contributed by atoms with Crippen molar-refractivity contribution in [1.29, 1.82) is 0 Å². The highest BCUT2D eigenvalue weighted by Gasteiger charge is 2.33. The summed E-state index contributed by atoms with van der Waals surface area (Å²) in [5.41, 5.74) is 0.208. The van der Waals surface area contributed by atoms with Gasteiger partial charge in [-0.05, 0) is 31.1 Å². The predicted molar refractivity (Wildman–Crippen MR) is 63.5 cm³/mol. The van der Waals surface area contributed by atoms with Crippen LogP contribution in [0.5, 0.6) is 0 Å². The molecule has 0 aromatic rings. The van der Waals surface area contributed by atoms with Crippen LogP contribution in [-0.4, -0.2) is 11.2 Å². The molecule has 86 valence electrons. The first-order chi connectivity index (χ1) is 6.66. The second kappa shape index (κ2) is 7.28. The lowest BCUT2D eigenvalue weighted by Crippen LogP contribution is -2.34. The highest BCUT2D eigenvalue weighted by molar-refractivity contribution is 4.84. The third-order valence-corrected chi connectivity index (χ3v) is 3.47. The van der Waals surface area contributed by atoms with E-state index in [4.69, 9.17) is 0 Å². The monoisotopic (exact) mass is 200 g/mol. The highest BCUT2D eigenvalue weighted by Crippen LogP contribution is 2.38. The van der Waals surface area contributed by atoms with Crippen molar-refractivity contribution < 1.29 is 5.11 Å². The molecule has 0 amide bonds. The molecule has 0 rings (SSSR count). The SMILES string of the molecule is CCCC(O)C(CC)(CCC)CCC. The van der Waals surface area contributed by atoms with Crippen LogP contribution in [0, 0.1) is 5.41 Å². The quantitative estimate of drug-likeness (QED) is 0.624. The highest BCUT2D eigenvalue weighted by atomic mass is 16.3. The van der Waals surface area contributed by atoms with Crippen molar-refractivity contribution in [3.63, 3.8) is 0 Å². The van der Waals surface area contributed by atoms with Crippen LogP contribution >= 0.6 is 0 Å². The molecule has 1 nitrogen and oxygen atoms in total. The van der Waals surface area contributed by atoms with Gasteiger partial charge in [-0.3, -0.25) is 0 Å². The van der Waals surface area contributed by atoms with Crippen LogP contribution in [0.4, 0.5) is 0 Å². The summed E-state index contributed by atoms with van der Waals surface area (Å²) in [4.78, 5) is 0. The molecular formula is C13H28O. The van der Waals surface area contributed by atoms with Gasteiger partial charge in [0.2, 0.25) is 0 Å². The molecule has 1 heteroatoms. The fourth-order valence-electron chi connectivity index (χ4n) is 2.62. The van der Waals surface area contributed by atoms with Crippen molar-refractivity contribution >= 4 is 0 Å². The molecule has 0 aromatic heterocycles. The maximum Gasteiger partial charge on any atom is 0.0596 e. The number of hydrogen-bond acceptors (Lipinski definition) is 1. The van der Waals surface area contributed by atoms with Crippen molar-refractivity contribution in [3.05, 3.63) is 0 Å². The Hall–Kier alpha value is -0.0400. The van der Waals surface area contributed by atoms with Gasteiger partial charge in [0.05, 0.1) is 6.10 Å². The van der Waals surface area contributed by atoms with Gasteiger partial charge in [0.1, 0.15) is 0 Å². The minimum Gasteiger partial charge on any atom is -0.393 e. The van der Waals surface area contributed by atoms with Crippen molar-refractivity contribution in [2.45, 2.75) is 78.7 Å². The Morgan fingerprint density at radius 1 is 0.929 bits per heavy atom. The first-order valence-electron chi connectivity index (χ1n) is 6.34. The summed E-state index contributed by atoms with van der Waals surface area (Å²) in [5, 5.41) is 10.2. The molecule has 1 unspecified atom stereocenters.